The van der Waals surface area contributed by atoms with Gasteiger partial charge >= 0.3 is 0 Å². The maximum Gasteiger partial charge on any atom is 0.0836 e. The Kier molecular flexibility index (Phi) is 4.22. The number of piperidine rings is 1. The molecule has 16 heavy (non-hydrogen) atoms. The van der Waals surface area contributed by atoms with Gasteiger partial charge in [-0.05, 0) is 31.8 Å². The van der Waals surface area contributed by atoms with Gasteiger partial charge in [0.2, 0.25) is 0 Å². The molecule has 0 aromatic carbocycles. The van der Waals surface area contributed by atoms with E-state index >= 15 is 0 Å². The van der Waals surface area contributed by atoms with Crippen LogP contribution in [0.2, 0.25) is 0 Å². The lowest BCUT2D eigenvalue weighted by atomic mass is 9.89. The molecule has 0 amide bonds. The van der Waals surface area contributed by atoms with E-state index in [9.17, 15) is 0 Å². The Hall–Kier alpha value is -0.120. The monoisotopic (exact) mass is 227 g/mol. The molecular formula is C13H25NO2. The summed E-state index contributed by atoms with van der Waals surface area (Å²) < 4.78 is 11.9. The van der Waals surface area contributed by atoms with E-state index in [1.165, 1.54) is 6.42 Å². The van der Waals surface area contributed by atoms with Crippen molar-refractivity contribution in [3.63, 3.8) is 0 Å². The van der Waals surface area contributed by atoms with Crippen molar-refractivity contribution in [3.05, 3.63) is 0 Å². The van der Waals surface area contributed by atoms with Gasteiger partial charge in [0.25, 0.3) is 0 Å². The van der Waals surface area contributed by atoms with Gasteiger partial charge in [-0.15, -0.1) is 0 Å². The summed E-state index contributed by atoms with van der Waals surface area (Å²) in [6, 6.07) is 0. The largest absolute Gasteiger partial charge is 0.375 e. The Morgan fingerprint density at radius 2 is 2.19 bits per heavy atom. The number of hydrogen-bond acceptors (Lipinski definition) is 3. The third-order valence-electron chi connectivity index (χ3n) is 4.00. The summed E-state index contributed by atoms with van der Waals surface area (Å²) in [6.07, 6.45) is 4.94. The molecule has 0 aromatic rings. The molecule has 2 aliphatic rings. The molecule has 94 valence electrons. The summed E-state index contributed by atoms with van der Waals surface area (Å²) in [5, 5.41) is 3.39. The first-order valence-corrected chi connectivity index (χ1v) is 6.70. The lowest BCUT2D eigenvalue weighted by Crippen LogP contribution is -2.41. The van der Waals surface area contributed by atoms with Crippen molar-refractivity contribution in [2.75, 3.05) is 26.3 Å². The van der Waals surface area contributed by atoms with E-state index in [-0.39, 0.29) is 5.60 Å². The van der Waals surface area contributed by atoms with Crippen molar-refractivity contribution < 1.29 is 9.47 Å². The molecule has 2 saturated heterocycles. The lowest BCUT2D eigenvalue weighted by Gasteiger charge is -2.32. The molecule has 3 nitrogen and oxygen atoms in total. The zero-order chi connectivity index (χ0) is 11.4. The number of nitrogens with one attached hydrogen (secondary N) is 1. The van der Waals surface area contributed by atoms with E-state index in [0.29, 0.717) is 12.0 Å². The van der Waals surface area contributed by atoms with Crippen molar-refractivity contribution in [3.8, 4) is 0 Å². The van der Waals surface area contributed by atoms with Gasteiger partial charge in [-0.3, -0.25) is 0 Å². The van der Waals surface area contributed by atoms with Gasteiger partial charge in [0.1, 0.15) is 0 Å². The fraction of sp³-hybridized carbons (Fsp3) is 1.00. The van der Waals surface area contributed by atoms with Crippen molar-refractivity contribution in [1.29, 1.82) is 0 Å². The predicted molar refractivity (Wildman–Crippen MR) is 64.6 cm³/mol. The normalized spacial score (nSPS) is 30.8. The lowest BCUT2D eigenvalue weighted by molar-refractivity contribution is -0.0244. The molecule has 2 unspecified atom stereocenters. The highest BCUT2D eigenvalue weighted by Gasteiger charge is 2.41. The molecule has 2 aliphatic heterocycles. The van der Waals surface area contributed by atoms with Gasteiger partial charge in [0.05, 0.1) is 18.3 Å². The summed E-state index contributed by atoms with van der Waals surface area (Å²) in [5.41, 5.74) is 0.144. The summed E-state index contributed by atoms with van der Waals surface area (Å²) in [5.74, 6) is 0.671. The van der Waals surface area contributed by atoms with E-state index in [1.807, 2.05) is 0 Å². The predicted octanol–water partition coefficient (Wildman–Crippen LogP) is 1.96. The van der Waals surface area contributed by atoms with E-state index in [4.69, 9.17) is 9.47 Å². The zero-order valence-corrected chi connectivity index (χ0v) is 10.6. The molecule has 0 aliphatic carbocycles. The van der Waals surface area contributed by atoms with Gasteiger partial charge in [-0.2, -0.15) is 0 Å². The minimum absolute atomic E-state index is 0.144. The Morgan fingerprint density at radius 1 is 1.44 bits per heavy atom. The second-order valence-electron chi connectivity index (χ2n) is 5.42. The molecule has 0 radical (unpaired) electrons. The molecule has 1 N–H and O–H groups in total. The second kappa shape index (κ2) is 5.48. The average Bonchev–Trinajstić information content (AvgIpc) is 2.70. The topological polar surface area (TPSA) is 30.5 Å². The zero-order valence-electron chi connectivity index (χ0n) is 10.6. The molecule has 1 spiro atoms. The molecule has 3 heteroatoms. The van der Waals surface area contributed by atoms with Crippen LogP contribution in [-0.4, -0.2) is 38.0 Å². The molecule has 0 bridgehead atoms. The molecule has 2 fully saturated rings. The number of ether oxygens (including phenoxy) is 2. The van der Waals surface area contributed by atoms with Crippen LogP contribution in [0.5, 0.6) is 0 Å². The summed E-state index contributed by atoms with van der Waals surface area (Å²) >= 11 is 0. The third kappa shape index (κ3) is 2.96. The molecule has 0 saturated carbocycles. The Balaban J connectivity index is 1.74. The maximum absolute atomic E-state index is 5.99. The Bertz CT molecular complexity index is 214. The van der Waals surface area contributed by atoms with Crippen LogP contribution in [0.4, 0.5) is 0 Å². The van der Waals surface area contributed by atoms with E-state index < -0.39 is 0 Å². The first kappa shape index (κ1) is 12.3. The first-order chi connectivity index (χ1) is 7.74. The van der Waals surface area contributed by atoms with Gasteiger partial charge < -0.3 is 14.8 Å². The van der Waals surface area contributed by atoms with E-state index in [0.717, 1.165) is 45.6 Å². The summed E-state index contributed by atoms with van der Waals surface area (Å²) in [7, 11) is 0. The minimum Gasteiger partial charge on any atom is -0.375 e. The van der Waals surface area contributed by atoms with Crippen molar-refractivity contribution in [2.24, 2.45) is 5.92 Å². The fourth-order valence-electron chi connectivity index (χ4n) is 2.56. The van der Waals surface area contributed by atoms with Gasteiger partial charge in [-0.25, -0.2) is 0 Å². The molecule has 2 heterocycles. The third-order valence-corrected chi connectivity index (χ3v) is 4.00. The SMILES string of the molecule is CCC(C)COC1COC2(CCNCC2)C1. The quantitative estimate of drug-likeness (QED) is 0.796. The van der Waals surface area contributed by atoms with Crippen LogP contribution in [0, 0.1) is 5.92 Å². The Labute approximate surface area is 98.9 Å². The van der Waals surface area contributed by atoms with Crippen molar-refractivity contribution >= 4 is 0 Å². The highest BCUT2D eigenvalue weighted by atomic mass is 16.6. The van der Waals surface area contributed by atoms with Crippen LogP contribution >= 0.6 is 0 Å². The van der Waals surface area contributed by atoms with Crippen LogP contribution in [0.3, 0.4) is 0 Å². The molecular weight excluding hydrogens is 202 g/mol. The smallest absolute Gasteiger partial charge is 0.0836 e. The van der Waals surface area contributed by atoms with Gasteiger partial charge in [-0.1, -0.05) is 20.3 Å². The standard InChI is InChI=1S/C13H25NO2/c1-3-11(2)9-15-12-8-13(16-10-12)4-6-14-7-5-13/h11-12,14H,3-10H2,1-2H3. The number of hydrogen-bond donors (Lipinski definition) is 1. The highest BCUT2D eigenvalue weighted by molar-refractivity contribution is 4.93. The minimum atomic E-state index is 0.144. The first-order valence-electron chi connectivity index (χ1n) is 6.70. The van der Waals surface area contributed by atoms with Crippen LogP contribution in [0.25, 0.3) is 0 Å². The highest BCUT2D eigenvalue weighted by Crippen LogP contribution is 2.35. The van der Waals surface area contributed by atoms with Crippen LogP contribution < -0.4 is 5.32 Å². The maximum atomic E-state index is 5.99. The van der Waals surface area contributed by atoms with Gasteiger partial charge in [0.15, 0.2) is 0 Å². The van der Waals surface area contributed by atoms with Crippen LogP contribution in [0.15, 0.2) is 0 Å². The van der Waals surface area contributed by atoms with Crippen LogP contribution in [0.1, 0.15) is 39.5 Å². The Morgan fingerprint density at radius 3 is 2.88 bits per heavy atom. The summed E-state index contributed by atoms with van der Waals surface area (Å²) in [4.78, 5) is 0. The van der Waals surface area contributed by atoms with Crippen LogP contribution in [-0.2, 0) is 9.47 Å². The second-order valence-corrected chi connectivity index (χ2v) is 5.42. The number of rotatable bonds is 4. The summed E-state index contributed by atoms with van der Waals surface area (Å²) in [6.45, 7) is 8.34. The van der Waals surface area contributed by atoms with Gasteiger partial charge in [0, 0.05) is 13.0 Å². The fourth-order valence-corrected chi connectivity index (χ4v) is 2.56. The van der Waals surface area contributed by atoms with Crippen molar-refractivity contribution in [2.45, 2.75) is 51.2 Å². The van der Waals surface area contributed by atoms with E-state index in [2.05, 4.69) is 19.2 Å². The molecule has 0 aromatic heterocycles. The average molecular weight is 227 g/mol. The van der Waals surface area contributed by atoms with E-state index in [1.54, 1.807) is 0 Å². The molecule has 2 rings (SSSR count). The molecule has 2 atom stereocenters. The van der Waals surface area contributed by atoms with Crippen molar-refractivity contribution in [1.82, 2.24) is 5.32 Å².